The van der Waals surface area contributed by atoms with Gasteiger partial charge in [-0.1, -0.05) is 48.4 Å². The average Bonchev–Trinajstić information content (AvgIpc) is 2.84. The summed E-state index contributed by atoms with van der Waals surface area (Å²) in [5.74, 6) is 0. The van der Waals surface area contributed by atoms with Gasteiger partial charge in [0.1, 0.15) is 0 Å². The molecule has 2 rings (SSSR count). The van der Waals surface area contributed by atoms with Gasteiger partial charge >= 0.3 is 0 Å². The number of halogens is 1. The Balaban J connectivity index is 2.27. The van der Waals surface area contributed by atoms with Gasteiger partial charge in [-0.25, -0.2) is 0 Å². The van der Waals surface area contributed by atoms with Crippen LogP contribution < -0.4 is 5.32 Å². The van der Waals surface area contributed by atoms with Crippen molar-refractivity contribution in [3.8, 4) is 0 Å². The highest BCUT2D eigenvalue weighted by atomic mass is 35.5. The van der Waals surface area contributed by atoms with E-state index < -0.39 is 0 Å². The number of aryl methyl sites for hydroxylation is 2. The maximum absolute atomic E-state index is 6.37. The Bertz CT molecular complexity index is 577. The molecule has 0 radical (unpaired) electrons. The molecule has 1 N–H and O–H groups in total. The lowest BCUT2D eigenvalue weighted by Crippen LogP contribution is -2.27. The first kappa shape index (κ1) is 16.1. The molecule has 1 unspecified atom stereocenters. The molecule has 0 spiro atoms. The molecule has 0 saturated heterocycles. The van der Waals surface area contributed by atoms with Crippen LogP contribution in [-0.2, 0) is 13.0 Å². The molecule has 0 bridgehead atoms. The molecule has 0 aliphatic heterocycles. The van der Waals surface area contributed by atoms with Gasteiger partial charge in [0.15, 0.2) is 0 Å². The Morgan fingerprint density at radius 1 is 1.33 bits per heavy atom. The summed E-state index contributed by atoms with van der Waals surface area (Å²) in [6, 6.07) is 8.85. The van der Waals surface area contributed by atoms with Crippen LogP contribution in [0.25, 0.3) is 0 Å². The molecular weight excluding hydrogens is 282 g/mol. The maximum Gasteiger partial charge on any atom is 0.0834 e. The summed E-state index contributed by atoms with van der Waals surface area (Å²) in [5.41, 5.74) is 3.70. The molecule has 3 nitrogen and oxygen atoms in total. The predicted molar refractivity (Wildman–Crippen MR) is 88.8 cm³/mol. The molecule has 2 aromatic rings. The summed E-state index contributed by atoms with van der Waals surface area (Å²) in [6.07, 6.45) is 3.77. The van der Waals surface area contributed by atoms with Crippen molar-refractivity contribution in [3.05, 3.63) is 52.3 Å². The van der Waals surface area contributed by atoms with E-state index in [-0.39, 0.29) is 6.04 Å². The summed E-state index contributed by atoms with van der Waals surface area (Å²) < 4.78 is 1.99. The second-order valence-corrected chi connectivity index (χ2v) is 5.80. The third-order valence-electron chi connectivity index (χ3n) is 3.63. The Hall–Kier alpha value is -1.32. The maximum atomic E-state index is 6.37. The average molecular weight is 306 g/mol. The molecule has 1 aromatic heterocycles. The van der Waals surface area contributed by atoms with E-state index in [1.54, 1.807) is 6.20 Å². The van der Waals surface area contributed by atoms with Crippen LogP contribution in [0.5, 0.6) is 0 Å². The van der Waals surface area contributed by atoms with Crippen LogP contribution in [0.1, 0.15) is 43.1 Å². The molecule has 4 heteroatoms. The second kappa shape index (κ2) is 7.62. The first-order valence-electron chi connectivity index (χ1n) is 7.65. The van der Waals surface area contributed by atoms with Crippen molar-refractivity contribution in [1.29, 1.82) is 0 Å². The molecule has 1 heterocycles. The van der Waals surface area contributed by atoms with Crippen LogP contribution in [0, 0.1) is 6.92 Å². The highest BCUT2D eigenvalue weighted by Crippen LogP contribution is 2.26. The SMILES string of the molecule is CCCNC(Cc1cccc(C)c1)c1c(Cl)cnn1CC. The van der Waals surface area contributed by atoms with Gasteiger partial charge in [-0.15, -0.1) is 0 Å². The van der Waals surface area contributed by atoms with E-state index in [0.29, 0.717) is 0 Å². The molecule has 1 atom stereocenters. The second-order valence-electron chi connectivity index (χ2n) is 5.39. The number of nitrogens with one attached hydrogen (secondary N) is 1. The van der Waals surface area contributed by atoms with E-state index in [9.17, 15) is 0 Å². The van der Waals surface area contributed by atoms with Crippen molar-refractivity contribution in [1.82, 2.24) is 15.1 Å². The zero-order chi connectivity index (χ0) is 15.2. The largest absolute Gasteiger partial charge is 0.308 e. The first-order valence-corrected chi connectivity index (χ1v) is 8.03. The molecule has 21 heavy (non-hydrogen) atoms. The molecule has 0 aliphatic rings. The van der Waals surface area contributed by atoms with E-state index in [2.05, 4.69) is 55.5 Å². The topological polar surface area (TPSA) is 29.9 Å². The number of nitrogens with zero attached hydrogens (tertiary/aromatic N) is 2. The van der Waals surface area contributed by atoms with E-state index in [1.807, 2.05) is 4.68 Å². The lowest BCUT2D eigenvalue weighted by atomic mass is 10.0. The number of hydrogen-bond acceptors (Lipinski definition) is 2. The van der Waals surface area contributed by atoms with Gasteiger partial charge in [-0.2, -0.15) is 5.10 Å². The van der Waals surface area contributed by atoms with Crippen molar-refractivity contribution in [2.24, 2.45) is 0 Å². The summed E-state index contributed by atoms with van der Waals surface area (Å²) in [4.78, 5) is 0. The summed E-state index contributed by atoms with van der Waals surface area (Å²) in [5, 5.41) is 8.73. The van der Waals surface area contributed by atoms with E-state index in [0.717, 1.165) is 36.6 Å². The number of hydrogen-bond donors (Lipinski definition) is 1. The van der Waals surface area contributed by atoms with Gasteiger partial charge in [-0.05, 0) is 38.8 Å². The van der Waals surface area contributed by atoms with Gasteiger partial charge in [0, 0.05) is 6.54 Å². The highest BCUT2D eigenvalue weighted by Gasteiger charge is 2.19. The standard InChI is InChI=1S/C17H24ClN3/c1-4-9-19-16(11-14-8-6-7-13(3)10-14)17-15(18)12-20-21(17)5-2/h6-8,10,12,16,19H,4-5,9,11H2,1-3H3. The first-order chi connectivity index (χ1) is 10.2. The van der Waals surface area contributed by atoms with Crippen LogP contribution in [0.15, 0.2) is 30.5 Å². The minimum absolute atomic E-state index is 0.196. The van der Waals surface area contributed by atoms with Gasteiger partial charge in [-0.3, -0.25) is 4.68 Å². The van der Waals surface area contributed by atoms with Crippen molar-refractivity contribution >= 4 is 11.6 Å². The smallest absolute Gasteiger partial charge is 0.0834 e. The van der Waals surface area contributed by atoms with E-state index in [4.69, 9.17) is 11.6 Å². The zero-order valence-electron chi connectivity index (χ0n) is 13.1. The lowest BCUT2D eigenvalue weighted by Gasteiger charge is -2.20. The van der Waals surface area contributed by atoms with Crippen LogP contribution in [0.2, 0.25) is 5.02 Å². The normalized spacial score (nSPS) is 12.6. The Kier molecular flexibility index (Phi) is 5.83. The fourth-order valence-electron chi connectivity index (χ4n) is 2.63. The zero-order valence-corrected chi connectivity index (χ0v) is 13.8. The Morgan fingerprint density at radius 2 is 2.14 bits per heavy atom. The van der Waals surface area contributed by atoms with Crippen LogP contribution in [0.4, 0.5) is 0 Å². The van der Waals surface area contributed by atoms with Gasteiger partial charge in [0.25, 0.3) is 0 Å². The van der Waals surface area contributed by atoms with E-state index in [1.165, 1.54) is 11.1 Å². The van der Waals surface area contributed by atoms with Crippen LogP contribution in [-0.4, -0.2) is 16.3 Å². The number of benzene rings is 1. The van der Waals surface area contributed by atoms with Gasteiger partial charge < -0.3 is 5.32 Å². The van der Waals surface area contributed by atoms with Crippen molar-refractivity contribution < 1.29 is 0 Å². The fourth-order valence-corrected chi connectivity index (χ4v) is 2.90. The monoisotopic (exact) mass is 305 g/mol. The van der Waals surface area contributed by atoms with E-state index >= 15 is 0 Å². The summed E-state index contributed by atoms with van der Waals surface area (Å²) in [6.45, 7) is 8.20. The number of aromatic nitrogens is 2. The van der Waals surface area contributed by atoms with Crippen molar-refractivity contribution in [2.45, 2.75) is 46.2 Å². The third kappa shape index (κ3) is 4.08. The molecule has 0 fully saturated rings. The Labute approximate surface area is 132 Å². The van der Waals surface area contributed by atoms with Gasteiger partial charge in [0.2, 0.25) is 0 Å². The third-order valence-corrected chi connectivity index (χ3v) is 3.92. The van der Waals surface area contributed by atoms with Crippen LogP contribution >= 0.6 is 11.6 Å². The fraction of sp³-hybridized carbons (Fsp3) is 0.471. The Morgan fingerprint density at radius 3 is 2.81 bits per heavy atom. The molecular formula is C17H24ClN3. The molecule has 1 aromatic carbocycles. The minimum Gasteiger partial charge on any atom is -0.308 e. The molecule has 0 amide bonds. The van der Waals surface area contributed by atoms with Crippen LogP contribution in [0.3, 0.4) is 0 Å². The highest BCUT2D eigenvalue weighted by molar-refractivity contribution is 6.31. The minimum atomic E-state index is 0.196. The lowest BCUT2D eigenvalue weighted by molar-refractivity contribution is 0.479. The summed E-state index contributed by atoms with van der Waals surface area (Å²) in [7, 11) is 0. The predicted octanol–water partition coefficient (Wildman–Crippen LogP) is 4.15. The van der Waals surface area contributed by atoms with Crippen molar-refractivity contribution in [2.75, 3.05) is 6.54 Å². The molecule has 0 aliphatic carbocycles. The quantitative estimate of drug-likeness (QED) is 0.833. The molecule has 0 saturated carbocycles. The van der Waals surface area contributed by atoms with Crippen molar-refractivity contribution in [3.63, 3.8) is 0 Å². The number of rotatable bonds is 7. The molecule has 114 valence electrons. The van der Waals surface area contributed by atoms with Gasteiger partial charge in [0.05, 0.1) is 23.0 Å². The summed E-state index contributed by atoms with van der Waals surface area (Å²) >= 11 is 6.37.